The smallest absolute Gasteiger partial charge is 0.331 e. The van der Waals surface area contributed by atoms with Crippen LogP contribution in [0.25, 0.3) is 0 Å². The summed E-state index contributed by atoms with van der Waals surface area (Å²) in [5, 5.41) is 18.0. The van der Waals surface area contributed by atoms with Crippen LogP contribution in [-0.4, -0.2) is 22.3 Å². The lowest BCUT2D eigenvalue weighted by Gasteiger charge is -2.19. The van der Waals surface area contributed by atoms with Crippen LogP contribution < -0.4 is 0 Å². The van der Waals surface area contributed by atoms with Gasteiger partial charge in [0.05, 0.1) is 6.10 Å². The van der Waals surface area contributed by atoms with Crippen molar-refractivity contribution < 1.29 is 15.0 Å². The molecule has 0 saturated heterocycles. The van der Waals surface area contributed by atoms with Crippen molar-refractivity contribution in [1.29, 1.82) is 0 Å². The molecule has 0 unspecified atom stereocenters. The van der Waals surface area contributed by atoms with Crippen LogP contribution in [-0.2, 0) is 4.79 Å². The number of hydrogen-bond donors (Lipinski definition) is 2. The highest BCUT2D eigenvalue weighted by molar-refractivity contribution is 5.87. The molecule has 0 aliphatic rings. The second-order valence-electron chi connectivity index (χ2n) is 4.60. The van der Waals surface area contributed by atoms with Gasteiger partial charge in [-0.1, -0.05) is 26.8 Å². The Morgan fingerprint density at radius 3 is 2.21 bits per heavy atom. The fourth-order valence-electron chi connectivity index (χ4n) is 1.18. The van der Waals surface area contributed by atoms with E-state index in [9.17, 15) is 4.79 Å². The Balaban J connectivity index is 4.44. The van der Waals surface area contributed by atoms with E-state index in [2.05, 4.69) is 0 Å². The van der Waals surface area contributed by atoms with Gasteiger partial charge in [0.2, 0.25) is 0 Å². The Labute approximate surface area is 85.4 Å². The lowest BCUT2D eigenvalue weighted by molar-refractivity contribution is -0.133. The van der Waals surface area contributed by atoms with Gasteiger partial charge < -0.3 is 10.2 Å². The zero-order valence-electron chi connectivity index (χ0n) is 9.37. The Morgan fingerprint density at radius 2 is 1.93 bits per heavy atom. The minimum Gasteiger partial charge on any atom is -0.478 e. The first kappa shape index (κ1) is 13.2. The summed E-state index contributed by atoms with van der Waals surface area (Å²) in [7, 11) is 0. The number of aliphatic hydroxyl groups is 1. The first-order valence-corrected chi connectivity index (χ1v) is 4.87. The van der Waals surface area contributed by atoms with Crippen molar-refractivity contribution in [2.75, 3.05) is 0 Å². The summed E-state index contributed by atoms with van der Waals surface area (Å²) in [6.45, 7) is 7.31. The fraction of sp³-hybridized carbons (Fsp3) is 0.727. The molecule has 0 amide bonds. The van der Waals surface area contributed by atoms with E-state index in [1.54, 1.807) is 13.0 Å². The van der Waals surface area contributed by atoms with E-state index >= 15 is 0 Å². The number of carboxylic acids is 1. The highest BCUT2D eigenvalue weighted by Crippen LogP contribution is 2.25. The Hall–Kier alpha value is -0.830. The zero-order chi connectivity index (χ0) is 11.4. The number of rotatable bonds is 4. The summed E-state index contributed by atoms with van der Waals surface area (Å²) < 4.78 is 0. The maximum atomic E-state index is 10.9. The highest BCUT2D eigenvalue weighted by Gasteiger charge is 2.22. The molecule has 3 nitrogen and oxygen atoms in total. The Kier molecular flexibility index (Phi) is 4.85. The van der Waals surface area contributed by atoms with E-state index in [0.29, 0.717) is 18.4 Å². The summed E-state index contributed by atoms with van der Waals surface area (Å²) in [6, 6.07) is 0. The van der Waals surface area contributed by atoms with Crippen molar-refractivity contribution in [3.05, 3.63) is 11.6 Å². The average Bonchev–Trinajstić information content (AvgIpc) is 1.94. The van der Waals surface area contributed by atoms with Gasteiger partial charge in [-0.3, -0.25) is 0 Å². The first-order valence-electron chi connectivity index (χ1n) is 4.87. The van der Waals surface area contributed by atoms with Crippen LogP contribution in [0.3, 0.4) is 0 Å². The summed E-state index contributed by atoms with van der Waals surface area (Å²) >= 11 is 0. The summed E-state index contributed by atoms with van der Waals surface area (Å²) in [6.07, 6.45) is 2.54. The zero-order valence-corrected chi connectivity index (χ0v) is 9.37. The minimum absolute atomic E-state index is 0.343. The Morgan fingerprint density at radius 1 is 1.43 bits per heavy atom. The summed E-state index contributed by atoms with van der Waals surface area (Å²) in [4.78, 5) is 10.9. The summed E-state index contributed by atoms with van der Waals surface area (Å²) in [5.41, 5.74) is 0.0722. The van der Waals surface area contributed by atoms with Crippen molar-refractivity contribution >= 4 is 5.97 Å². The van der Waals surface area contributed by atoms with Crippen LogP contribution in [0.5, 0.6) is 0 Å². The number of carboxylic acid groups (broad SMARTS) is 1. The van der Waals surface area contributed by atoms with E-state index in [1.165, 1.54) is 0 Å². The van der Waals surface area contributed by atoms with E-state index in [1.807, 2.05) is 20.8 Å². The first-order chi connectivity index (χ1) is 6.25. The molecular formula is C11H20O3. The molecule has 0 aromatic rings. The topological polar surface area (TPSA) is 57.5 Å². The van der Waals surface area contributed by atoms with Gasteiger partial charge in [0.25, 0.3) is 0 Å². The monoisotopic (exact) mass is 200 g/mol. The van der Waals surface area contributed by atoms with E-state index in [-0.39, 0.29) is 11.5 Å². The lowest BCUT2D eigenvalue weighted by Crippen LogP contribution is -2.17. The molecule has 0 radical (unpaired) electrons. The van der Waals surface area contributed by atoms with Crippen molar-refractivity contribution in [2.24, 2.45) is 5.41 Å². The van der Waals surface area contributed by atoms with Crippen LogP contribution in [0.4, 0.5) is 0 Å². The normalized spacial score (nSPS) is 15.4. The van der Waals surface area contributed by atoms with E-state index in [0.717, 1.165) is 0 Å². The second kappa shape index (κ2) is 5.15. The van der Waals surface area contributed by atoms with Crippen LogP contribution in [0.2, 0.25) is 0 Å². The van der Waals surface area contributed by atoms with Gasteiger partial charge in [0, 0.05) is 5.57 Å². The van der Waals surface area contributed by atoms with Crippen molar-refractivity contribution in [1.82, 2.24) is 0 Å². The van der Waals surface area contributed by atoms with Gasteiger partial charge >= 0.3 is 5.97 Å². The molecule has 0 aliphatic heterocycles. The van der Waals surface area contributed by atoms with Crippen LogP contribution in [0, 0.1) is 5.41 Å². The molecule has 1 atom stereocenters. The second-order valence-corrected chi connectivity index (χ2v) is 4.60. The SMILES string of the molecule is C[C@@H](O)CCC=C(C(=O)O)C(C)(C)C. The maximum absolute atomic E-state index is 10.9. The summed E-state index contributed by atoms with van der Waals surface area (Å²) in [5.74, 6) is -0.872. The van der Waals surface area contributed by atoms with Gasteiger partial charge in [0.15, 0.2) is 0 Å². The van der Waals surface area contributed by atoms with Gasteiger partial charge in [-0.2, -0.15) is 0 Å². The van der Waals surface area contributed by atoms with Gasteiger partial charge in [-0.25, -0.2) is 4.79 Å². The molecule has 14 heavy (non-hydrogen) atoms. The number of hydrogen-bond acceptors (Lipinski definition) is 2. The molecular weight excluding hydrogens is 180 g/mol. The third kappa shape index (κ3) is 5.02. The molecule has 0 spiro atoms. The molecule has 0 aromatic carbocycles. The minimum atomic E-state index is -0.872. The third-order valence-corrected chi connectivity index (χ3v) is 1.97. The van der Waals surface area contributed by atoms with Crippen LogP contribution in [0.15, 0.2) is 11.6 Å². The average molecular weight is 200 g/mol. The molecule has 2 N–H and O–H groups in total. The number of carbonyl (C=O) groups is 1. The molecule has 0 saturated carbocycles. The maximum Gasteiger partial charge on any atom is 0.331 e. The van der Waals surface area contributed by atoms with Crippen molar-refractivity contribution in [3.63, 3.8) is 0 Å². The van der Waals surface area contributed by atoms with Crippen LogP contribution in [0.1, 0.15) is 40.5 Å². The Bertz CT molecular complexity index is 221. The molecule has 0 fully saturated rings. The molecule has 0 bridgehead atoms. The number of allylic oxidation sites excluding steroid dienone is 1. The quantitative estimate of drug-likeness (QED) is 0.684. The number of aliphatic carboxylic acids is 1. The standard InChI is InChI=1S/C11H20O3/c1-8(12)6-5-7-9(10(13)14)11(2,3)4/h7-8,12H,5-6H2,1-4H3,(H,13,14)/t8-/m1/s1. The highest BCUT2D eigenvalue weighted by atomic mass is 16.4. The molecule has 0 aliphatic carbocycles. The largest absolute Gasteiger partial charge is 0.478 e. The molecule has 0 aromatic heterocycles. The van der Waals surface area contributed by atoms with Crippen molar-refractivity contribution in [3.8, 4) is 0 Å². The van der Waals surface area contributed by atoms with Gasteiger partial charge in [-0.05, 0) is 25.2 Å². The molecule has 82 valence electrons. The third-order valence-electron chi connectivity index (χ3n) is 1.97. The lowest BCUT2D eigenvalue weighted by atomic mass is 9.85. The molecule has 3 heteroatoms. The molecule has 0 heterocycles. The number of aliphatic hydroxyl groups excluding tert-OH is 1. The van der Waals surface area contributed by atoms with Gasteiger partial charge in [0.1, 0.15) is 0 Å². The fourth-order valence-corrected chi connectivity index (χ4v) is 1.18. The van der Waals surface area contributed by atoms with Crippen molar-refractivity contribution in [2.45, 2.75) is 46.6 Å². The van der Waals surface area contributed by atoms with Gasteiger partial charge in [-0.15, -0.1) is 0 Å². The van der Waals surface area contributed by atoms with Crippen LogP contribution >= 0.6 is 0 Å². The predicted molar refractivity (Wildman–Crippen MR) is 56.1 cm³/mol. The molecule has 0 rings (SSSR count). The van der Waals surface area contributed by atoms with E-state index in [4.69, 9.17) is 10.2 Å². The van der Waals surface area contributed by atoms with E-state index < -0.39 is 5.97 Å². The predicted octanol–water partition coefficient (Wildman–Crippen LogP) is 2.20.